The molecule has 3 aromatic rings. The van der Waals surface area contributed by atoms with Gasteiger partial charge in [0.2, 0.25) is 0 Å². The van der Waals surface area contributed by atoms with Crippen LogP contribution in [-0.2, 0) is 0 Å². The van der Waals surface area contributed by atoms with Crippen LogP contribution in [0.3, 0.4) is 0 Å². The number of aromatic nitrogens is 2. The Labute approximate surface area is 185 Å². The second-order valence-corrected chi connectivity index (χ2v) is 7.05. The van der Waals surface area contributed by atoms with Gasteiger partial charge in [0.05, 0.1) is 6.20 Å². The van der Waals surface area contributed by atoms with Gasteiger partial charge in [0.15, 0.2) is 0 Å². The average Bonchev–Trinajstić information content (AvgIpc) is 2.76. The molecule has 4 rings (SSSR count). The van der Waals surface area contributed by atoms with Gasteiger partial charge in [-0.05, 0) is 24.1 Å². The number of hydrogen-bond donors (Lipinski definition) is 0. The lowest BCUT2D eigenvalue weighted by molar-refractivity contribution is 0.251. The molecule has 0 bridgehead atoms. The van der Waals surface area contributed by atoms with E-state index < -0.39 is 0 Å². The van der Waals surface area contributed by atoms with Crippen molar-refractivity contribution in [2.75, 3.05) is 37.6 Å². The summed E-state index contributed by atoms with van der Waals surface area (Å²) in [7, 11) is 0. The SMILES string of the molecule is Cl.Cl.c1ccc(C(CCN2CCN(c3cnccn3)CC2)c2ccccc2)cc1. The van der Waals surface area contributed by atoms with Crippen LogP contribution in [0, 0.1) is 0 Å². The molecule has 4 nitrogen and oxygen atoms in total. The number of hydrogen-bond acceptors (Lipinski definition) is 4. The number of piperazine rings is 1. The summed E-state index contributed by atoms with van der Waals surface area (Å²) in [6, 6.07) is 21.8. The first kappa shape index (κ1) is 23.1. The molecule has 0 radical (unpaired) electrons. The quantitative estimate of drug-likeness (QED) is 0.568. The minimum Gasteiger partial charge on any atom is -0.353 e. The number of benzene rings is 2. The van der Waals surface area contributed by atoms with E-state index in [1.54, 1.807) is 12.4 Å². The molecule has 2 heterocycles. The number of nitrogens with zero attached hydrogens (tertiary/aromatic N) is 4. The van der Waals surface area contributed by atoms with Crippen molar-refractivity contribution >= 4 is 30.6 Å². The minimum atomic E-state index is 0. The average molecular weight is 431 g/mol. The zero-order valence-electron chi connectivity index (χ0n) is 16.4. The Morgan fingerprint density at radius 3 is 1.86 bits per heavy atom. The molecule has 1 aliphatic rings. The monoisotopic (exact) mass is 430 g/mol. The van der Waals surface area contributed by atoms with E-state index >= 15 is 0 Å². The third kappa shape index (κ3) is 6.17. The lowest BCUT2D eigenvalue weighted by Crippen LogP contribution is -2.47. The standard InChI is InChI=1S/C23H26N4.2ClH/c1-3-7-20(8-4-1)22(21-9-5-2-6-10-21)11-14-26-15-17-27(18-16-26)23-19-24-12-13-25-23;;/h1-10,12-13,19,22H,11,14-18H2;2*1H. The maximum absolute atomic E-state index is 4.43. The highest BCUT2D eigenvalue weighted by Gasteiger charge is 2.20. The van der Waals surface area contributed by atoms with Crippen LogP contribution in [0.25, 0.3) is 0 Å². The highest BCUT2D eigenvalue weighted by atomic mass is 35.5. The first-order chi connectivity index (χ1) is 13.4. The molecule has 0 N–H and O–H groups in total. The van der Waals surface area contributed by atoms with Crippen LogP contribution in [0.15, 0.2) is 79.3 Å². The van der Waals surface area contributed by atoms with Crippen molar-refractivity contribution in [3.63, 3.8) is 0 Å². The van der Waals surface area contributed by atoms with Crippen molar-refractivity contribution < 1.29 is 0 Å². The molecule has 0 amide bonds. The summed E-state index contributed by atoms with van der Waals surface area (Å²) in [5.74, 6) is 1.44. The summed E-state index contributed by atoms with van der Waals surface area (Å²) in [4.78, 5) is 13.5. The molecule has 29 heavy (non-hydrogen) atoms. The van der Waals surface area contributed by atoms with Crippen molar-refractivity contribution in [2.45, 2.75) is 12.3 Å². The van der Waals surface area contributed by atoms with Gasteiger partial charge in [-0.3, -0.25) is 9.88 Å². The largest absolute Gasteiger partial charge is 0.353 e. The smallest absolute Gasteiger partial charge is 0.147 e. The van der Waals surface area contributed by atoms with E-state index in [-0.39, 0.29) is 24.8 Å². The molecule has 1 fully saturated rings. The highest BCUT2D eigenvalue weighted by Crippen LogP contribution is 2.28. The molecule has 0 aliphatic carbocycles. The summed E-state index contributed by atoms with van der Waals surface area (Å²) in [6.07, 6.45) is 6.49. The molecule has 1 aliphatic heterocycles. The number of rotatable bonds is 6. The summed E-state index contributed by atoms with van der Waals surface area (Å²) in [6.45, 7) is 5.29. The fourth-order valence-electron chi connectivity index (χ4n) is 3.86. The van der Waals surface area contributed by atoms with Gasteiger partial charge in [0.1, 0.15) is 5.82 Å². The fraction of sp³-hybridized carbons (Fsp3) is 0.304. The summed E-state index contributed by atoms with van der Waals surface area (Å²) in [5.41, 5.74) is 2.81. The minimum absolute atomic E-state index is 0. The number of anilines is 1. The van der Waals surface area contributed by atoms with Crippen LogP contribution in [0.2, 0.25) is 0 Å². The van der Waals surface area contributed by atoms with Crippen LogP contribution in [-0.4, -0.2) is 47.6 Å². The van der Waals surface area contributed by atoms with Crippen LogP contribution in [0.5, 0.6) is 0 Å². The van der Waals surface area contributed by atoms with Crippen molar-refractivity contribution in [1.29, 1.82) is 0 Å². The third-order valence-electron chi connectivity index (χ3n) is 5.38. The van der Waals surface area contributed by atoms with Gasteiger partial charge in [-0.1, -0.05) is 60.7 Å². The van der Waals surface area contributed by atoms with E-state index in [9.17, 15) is 0 Å². The Balaban J connectivity index is 0.00000150. The van der Waals surface area contributed by atoms with Gasteiger partial charge in [0, 0.05) is 44.5 Å². The summed E-state index contributed by atoms with van der Waals surface area (Å²) >= 11 is 0. The molecule has 0 spiro atoms. The van der Waals surface area contributed by atoms with Gasteiger partial charge >= 0.3 is 0 Å². The maximum Gasteiger partial charge on any atom is 0.147 e. The van der Waals surface area contributed by atoms with E-state index in [1.807, 2.05) is 6.20 Å². The van der Waals surface area contributed by atoms with Gasteiger partial charge in [-0.2, -0.15) is 0 Å². The predicted octanol–water partition coefficient (Wildman–Crippen LogP) is 4.66. The molecular formula is C23H28Cl2N4. The molecular weight excluding hydrogens is 403 g/mol. The lowest BCUT2D eigenvalue weighted by atomic mass is 9.88. The molecule has 1 saturated heterocycles. The molecule has 6 heteroatoms. The Hall–Kier alpha value is -2.14. The van der Waals surface area contributed by atoms with Crippen LogP contribution < -0.4 is 4.90 Å². The first-order valence-electron chi connectivity index (χ1n) is 9.73. The fourth-order valence-corrected chi connectivity index (χ4v) is 3.86. The zero-order valence-corrected chi connectivity index (χ0v) is 18.1. The highest BCUT2D eigenvalue weighted by molar-refractivity contribution is 5.85. The maximum atomic E-state index is 4.43. The summed E-state index contributed by atoms with van der Waals surface area (Å²) in [5, 5.41) is 0. The molecule has 0 unspecified atom stereocenters. The zero-order chi connectivity index (χ0) is 18.3. The van der Waals surface area contributed by atoms with Gasteiger partial charge in [-0.15, -0.1) is 24.8 Å². The summed E-state index contributed by atoms with van der Waals surface area (Å²) < 4.78 is 0. The van der Waals surface area contributed by atoms with E-state index in [4.69, 9.17) is 0 Å². The molecule has 1 aromatic heterocycles. The topological polar surface area (TPSA) is 32.3 Å². The van der Waals surface area contributed by atoms with Gasteiger partial charge < -0.3 is 4.90 Å². The normalized spacial score (nSPS) is 14.2. The molecule has 154 valence electrons. The van der Waals surface area contributed by atoms with E-state index in [0.29, 0.717) is 5.92 Å². The van der Waals surface area contributed by atoms with E-state index in [0.717, 1.165) is 45.0 Å². The molecule has 2 aromatic carbocycles. The van der Waals surface area contributed by atoms with Crippen molar-refractivity contribution in [3.05, 3.63) is 90.4 Å². The van der Waals surface area contributed by atoms with Crippen LogP contribution in [0.4, 0.5) is 5.82 Å². The Morgan fingerprint density at radius 2 is 1.34 bits per heavy atom. The van der Waals surface area contributed by atoms with Gasteiger partial charge in [0.25, 0.3) is 0 Å². The molecule has 0 saturated carbocycles. The van der Waals surface area contributed by atoms with Crippen molar-refractivity contribution in [1.82, 2.24) is 14.9 Å². The molecule has 0 atom stereocenters. The Morgan fingerprint density at radius 1 is 0.759 bits per heavy atom. The Kier molecular flexibility index (Phi) is 9.39. The van der Waals surface area contributed by atoms with Crippen LogP contribution in [0.1, 0.15) is 23.5 Å². The third-order valence-corrected chi connectivity index (χ3v) is 5.38. The van der Waals surface area contributed by atoms with E-state index in [2.05, 4.69) is 80.4 Å². The number of halogens is 2. The van der Waals surface area contributed by atoms with Crippen molar-refractivity contribution in [2.24, 2.45) is 0 Å². The first-order valence-corrected chi connectivity index (χ1v) is 9.73. The second kappa shape index (κ2) is 11.8. The van der Waals surface area contributed by atoms with Crippen molar-refractivity contribution in [3.8, 4) is 0 Å². The Bertz CT molecular complexity index is 771. The van der Waals surface area contributed by atoms with Crippen LogP contribution >= 0.6 is 24.8 Å². The van der Waals surface area contributed by atoms with E-state index in [1.165, 1.54) is 11.1 Å². The lowest BCUT2D eigenvalue weighted by Gasteiger charge is -2.35. The predicted molar refractivity (Wildman–Crippen MR) is 125 cm³/mol. The van der Waals surface area contributed by atoms with Gasteiger partial charge in [-0.25, -0.2) is 4.98 Å². The second-order valence-electron chi connectivity index (χ2n) is 7.05.